The van der Waals surface area contributed by atoms with Crippen LogP contribution in [0, 0.1) is 13.8 Å². The van der Waals surface area contributed by atoms with Crippen LogP contribution in [-0.4, -0.2) is 64.5 Å². The number of amides is 1. The van der Waals surface area contributed by atoms with Crippen molar-refractivity contribution in [2.75, 3.05) is 26.2 Å². The van der Waals surface area contributed by atoms with Crippen LogP contribution < -0.4 is 0 Å². The molecule has 2 aromatic heterocycles. The van der Waals surface area contributed by atoms with Gasteiger partial charge in [0, 0.05) is 43.9 Å². The minimum absolute atomic E-state index is 0.138. The van der Waals surface area contributed by atoms with Gasteiger partial charge in [-0.3, -0.25) is 9.48 Å². The fraction of sp³-hybridized carbons (Fsp3) is 0.350. The summed E-state index contributed by atoms with van der Waals surface area (Å²) in [7, 11) is -1.85. The molecule has 0 aliphatic carbocycles. The van der Waals surface area contributed by atoms with E-state index in [9.17, 15) is 13.2 Å². The molecule has 1 aromatic carbocycles. The summed E-state index contributed by atoms with van der Waals surface area (Å²) in [5.41, 5.74) is 2.69. The highest BCUT2D eigenvalue weighted by atomic mass is 35.5. The van der Waals surface area contributed by atoms with Crippen molar-refractivity contribution in [3.05, 3.63) is 52.3 Å². The highest BCUT2D eigenvalue weighted by Crippen LogP contribution is 2.25. The molecular weight excluding hydrogens is 426 g/mol. The minimum Gasteiger partial charge on any atom is -0.336 e. The molecule has 1 aliphatic heterocycles. The van der Waals surface area contributed by atoms with Crippen molar-refractivity contribution >= 4 is 38.6 Å². The zero-order chi connectivity index (χ0) is 21.6. The van der Waals surface area contributed by atoms with Gasteiger partial charge in [0.1, 0.15) is 0 Å². The molecule has 0 N–H and O–H groups in total. The quantitative estimate of drug-likeness (QED) is 0.615. The third-order valence-corrected chi connectivity index (χ3v) is 7.42. The van der Waals surface area contributed by atoms with Gasteiger partial charge in [0.25, 0.3) is 5.91 Å². The van der Waals surface area contributed by atoms with Crippen molar-refractivity contribution in [3.63, 3.8) is 0 Å². The molecule has 30 heavy (non-hydrogen) atoms. The number of nitrogens with zero attached hydrogens (tertiary/aromatic N) is 5. The molecule has 158 valence electrons. The van der Waals surface area contributed by atoms with E-state index in [0.29, 0.717) is 29.3 Å². The number of piperazine rings is 1. The highest BCUT2D eigenvalue weighted by molar-refractivity contribution is 7.89. The van der Waals surface area contributed by atoms with E-state index in [0.717, 1.165) is 16.8 Å². The van der Waals surface area contributed by atoms with Crippen molar-refractivity contribution in [2.24, 2.45) is 7.05 Å². The zero-order valence-electron chi connectivity index (χ0n) is 17.0. The highest BCUT2D eigenvalue weighted by Gasteiger charge is 2.31. The fourth-order valence-corrected chi connectivity index (χ4v) is 5.54. The van der Waals surface area contributed by atoms with E-state index in [1.54, 1.807) is 34.8 Å². The van der Waals surface area contributed by atoms with Crippen molar-refractivity contribution in [1.29, 1.82) is 0 Å². The van der Waals surface area contributed by atoms with Crippen LogP contribution >= 0.6 is 11.6 Å². The van der Waals surface area contributed by atoms with Crippen LogP contribution in [0.25, 0.3) is 11.0 Å². The number of benzene rings is 1. The Bertz CT molecular complexity index is 1250. The standard InChI is InChI=1S/C20H22ClN5O3S/c1-13-11-17(18-14(2)23-24(3)19(18)22-13)20(27)25-7-9-26(10-8-25)30(28,29)16-6-4-5-15(21)12-16/h4-6,11-12H,7-10H2,1-3H3. The van der Waals surface area contributed by atoms with Gasteiger partial charge >= 0.3 is 0 Å². The van der Waals surface area contributed by atoms with Gasteiger partial charge in [-0.1, -0.05) is 17.7 Å². The third kappa shape index (κ3) is 3.57. The van der Waals surface area contributed by atoms with Crippen LogP contribution in [-0.2, 0) is 17.1 Å². The van der Waals surface area contributed by atoms with E-state index in [4.69, 9.17) is 11.6 Å². The first-order valence-corrected chi connectivity index (χ1v) is 11.4. The molecule has 0 saturated carbocycles. The topological polar surface area (TPSA) is 88.4 Å². The normalized spacial score (nSPS) is 15.7. The molecule has 1 aliphatic rings. The lowest BCUT2D eigenvalue weighted by molar-refractivity contribution is 0.0699. The van der Waals surface area contributed by atoms with E-state index in [1.165, 1.54) is 16.4 Å². The van der Waals surface area contributed by atoms with Gasteiger partial charge in [0.05, 0.1) is 21.5 Å². The maximum atomic E-state index is 13.3. The molecule has 1 fully saturated rings. The second-order valence-corrected chi connectivity index (χ2v) is 9.75. The lowest BCUT2D eigenvalue weighted by atomic mass is 10.1. The summed E-state index contributed by atoms with van der Waals surface area (Å²) >= 11 is 5.95. The molecule has 0 unspecified atom stereocenters. The van der Waals surface area contributed by atoms with E-state index < -0.39 is 10.0 Å². The second-order valence-electron chi connectivity index (χ2n) is 7.37. The number of fused-ring (bicyclic) bond motifs is 1. The number of rotatable bonds is 3. The van der Waals surface area contributed by atoms with Crippen LogP contribution in [0.3, 0.4) is 0 Å². The third-order valence-electron chi connectivity index (χ3n) is 5.29. The Hall–Kier alpha value is -2.49. The Kier molecular flexibility index (Phi) is 5.29. The maximum Gasteiger partial charge on any atom is 0.254 e. The average Bonchev–Trinajstić information content (AvgIpc) is 3.00. The van der Waals surface area contributed by atoms with Crippen molar-refractivity contribution < 1.29 is 13.2 Å². The van der Waals surface area contributed by atoms with E-state index in [2.05, 4.69) is 10.1 Å². The number of sulfonamides is 1. The Morgan fingerprint density at radius 2 is 1.80 bits per heavy atom. The van der Waals surface area contributed by atoms with Crippen molar-refractivity contribution in [2.45, 2.75) is 18.7 Å². The maximum absolute atomic E-state index is 13.3. The molecule has 0 radical (unpaired) electrons. The summed E-state index contributed by atoms with van der Waals surface area (Å²) in [5.74, 6) is -0.138. The van der Waals surface area contributed by atoms with Crippen LogP contribution in [0.4, 0.5) is 0 Å². The summed E-state index contributed by atoms with van der Waals surface area (Å²) in [5, 5.41) is 5.50. The molecule has 3 heterocycles. The Balaban J connectivity index is 1.57. The number of carbonyl (C=O) groups is 1. The first-order valence-electron chi connectivity index (χ1n) is 9.54. The van der Waals surface area contributed by atoms with Gasteiger partial charge in [0.2, 0.25) is 10.0 Å². The van der Waals surface area contributed by atoms with E-state index >= 15 is 0 Å². The average molecular weight is 448 g/mol. The largest absolute Gasteiger partial charge is 0.336 e. The smallest absolute Gasteiger partial charge is 0.254 e. The van der Waals surface area contributed by atoms with Gasteiger partial charge in [-0.2, -0.15) is 9.40 Å². The number of halogens is 1. The lowest BCUT2D eigenvalue weighted by Crippen LogP contribution is -2.50. The van der Waals surface area contributed by atoms with Gasteiger partial charge in [-0.25, -0.2) is 13.4 Å². The van der Waals surface area contributed by atoms with E-state index in [-0.39, 0.29) is 23.9 Å². The zero-order valence-corrected chi connectivity index (χ0v) is 18.5. The van der Waals surface area contributed by atoms with Gasteiger partial charge in [-0.15, -0.1) is 0 Å². The molecule has 4 rings (SSSR count). The summed E-state index contributed by atoms with van der Waals surface area (Å²) in [6, 6.07) is 7.99. The molecule has 0 spiro atoms. The van der Waals surface area contributed by atoms with Gasteiger partial charge < -0.3 is 4.90 Å². The van der Waals surface area contributed by atoms with Gasteiger partial charge in [0.15, 0.2) is 5.65 Å². The molecule has 8 nitrogen and oxygen atoms in total. The Morgan fingerprint density at radius 1 is 1.10 bits per heavy atom. The number of aryl methyl sites for hydroxylation is 3. The van der Waals surface area contributed by atoms with Crippen LogP contribution in [0.1, 0.15) is 21.7 Å². The van der Waals surface area contributed by atoms with Crippen LogP contribution in [0.15, 0.2) is 35.2 Å². The molecule has 0 atom stereocenters. The monoisotopic (exact) mass is 447 g/mol. The molecule has 1 amide bonds. The number of carbonyl (C=O) groups excluding carboxylic acids is 1. The number of aromatic nitrogens is 3. The summed E-state index contributed by atoms with van der Waals surface area (Å²) in [6.07, 6.45) is 0. The van der Waals surface area contributed by atoms with E-state index in [1.807, 2.05) is 13.8 Å². The summed E-state index contributed by atoms with van der Waals surface area (Å²) in [4.78, 5) is 19.6. The fourth-order valence-electron chi connectivity index (χ4n) is 3.82. The first-order chi connectivity index (χ1) is 14.2. The number of hydrogen-bond donors (Lipinski definition) is 0. The molecule has 0 bridgehead atoms. The Morgan fingerprint density at radius 3 is 2.47 bits per heavy atom. The van der Waals surface area contributed by atoms with Crippen LogP contribution in [0.5, 0.6) is 0 Å². The van der Waals surface area contributed by atoms with Crippen LogP contribution in [0.2, 0.25) is 5.02 Å². The summed E-state index contributed by atoms with van der Waals surface area (Å²) in [6.45, 7) is 4.75. The number of hydrogen-bond acceptors (Lipinski definition) is 5. The lowest BCUT2D eigenvalue weighted by Gasteiger charge is -2.34. The molecule has 1 saturated heterocycles. The van der Waals surface area contributed by atoms with Crippen molar-refractivity contribution in [3.8, 4) is 0 Å². The molecule has 10 heteroatoms. The van der Waals surface area contributed by atoms with Gasteiger partial charge in [-0.05, 0) is 38.1 Å². The molecular formula is C20H22ClN5O3S. The minimum atomic E-state index is -3.66. The number of pyridine rings is 1. The second kappa shape index (κ2) is 7.64. The van der Waals surface area contributed by atoms with Crippen molar-refractivity contribution in [1.82, 2.24) is 24.0 Å². The first kappa shape index (κ1) is 20.8. The molecule has 3 aromatic rings. The SMILES string of the molecule is Cc1cc(C(=O)N2CCN(S(=O)(=O)c3cccc(Cl)c3)CC2)c2c(C)nn(C)c2n1. The predicted molar refractivity (Wildman–Crippen MR) is 114 cm³/mol. The predicted octanol–water partition coefficient (Wildman–Crippen LogP) is 2.39. The summed E-state index contributed by atoms with van der Waals surface area (Å²) < 4.78 is 28.9. The Labute approximate surface area is 180 Å².